The van der Waals surface area contributed by atoms with E-state index in [9.17, 15) is 18.3 Å². The van der Waals surface area contributed by atoms with E-state index in [2.05, 4.69) is 15.0 Å². The van der Waals surface area contributed by atoms with Crippen molar-refractivity contribution in [1.82, 2.24) is 15.0 Å². The van der Waals surface area contributed by atoms with E-state index in [1.54, 1.807) is 19.1 Å². The van der Waals surface area contributed by atoms with Crippen LogP contribution in [-0.4, -0.2) is 36.6 Å². The molecule has 1 amide bonds. The minimum atomic E-state index is -3.68. The zero-order valence-corrected chi connectivity index (χ0v) is 19.7. The number of aliphatic hydroxyl groups excluding tert-OH is 1. The van der Waals surface area contributed by atoms with Crippen molar-refractivity contribution < 1.29 is 22.7 Å². The molecule has 0 saturated heterocycles. The molecule has 1 aliphatic rings. The second kappa shape index (κ2) is 10.5. The molecule has 34 heavy (non-hydrogen) atoms. The number of nitrogens with one attached hydrogen (secondary N) is 2. The van der Waals surface area contributed by atoms with Crippen LogP contribution in [-0.2, 0) is 14.8 Å². The monoisotopic (exact) mass is 483 g/mol. The smallest absolute Gasteiger partial charge is 0.240 e. The highest BCUT2D eigenvalue weighted by molar-refractivity contribution is 7.89. The number of benzene rings is 2. The minimum absolute atomic E-state index is 0.113. The van der Waals surface area contributed by atoms with Gasteiger partial charge in [-0.15, -0.1) is 0 Å². The third-order valence-electron chi connectivity index (χ3n) is 6.20. The van der Waals surface area contributed by atoms with Gasteiger partial charge in [0.15, 0.2) is 0 Å². The number of nitrogens with zero attached hydrogens (tertiary/aromatic N) is 1. The predicted octanol–water partition coefficient (Wildman–Crippen LogP) is 3.42. The van der Waals surface area contributed by atoms with Crippen molar-refractivity contribution in [3.63, 3.8) is 0 Å². The number of carbonyl (C=O) groups excluding carboxylic acids is 1. The number of rotatable bonds is 8. The van der Waals surface area contributed by atoms with Gasteiger partial charge in [-0.2, -0.15) is 0 Å². The quantitative estimate of drug-likeness (QED) is 0.451. The normalized spacial score (nSPS) is 20.4. The van der Waals surface area contributed by atoms with Gasteiger partial charge >= 0.3 is 0 Å². The maximum atomic E-state index is 12.9. The van der Waals surface area contributed by atoms with Crippen LogP contribution in [0.4, 0.5) is 0 Å². The average Bonchev–Trinajstić information content (AvgIpc) is 3.38. The van der Waals surface area contributed by atoms with Crippen LogP contribution in [0.15, 0.2) is 76.4 Å². The molecule has 1 saturated carbocycles. The SMILES string of the molecule is CC(O)C(NC(=O)C1CCC(NS(=O)(=O)c2ccc(-c3ncco3)cc2)CC1)c1ccccc1. The maximum absolute atomic E-state index is 12.9. The molecule has 2 aromatic carbocycles. The first kappa shape index (κ1) is 24.1. The molecule has 0 aliphatic heterocycles. The lowest BCUT2D eigenvalue weighted by Gasteiger charge is -2.30. The van der Waals surface area contributed by atoms with Crippen LogP contribution in [0, 0.1) is 5.92 Å². The Labute approximate surface area is 199 Å². The van der Waals surface area contributed by atoms with E-state index in [1.807, 2.05) is 30.3 Å². The molecule has 3 aromatic rings. The van der Waals surface area contributed by atoms with Crippen molar-refractivity contribution in [2.24, 2.45) is 5.92 Å². The van der Waals surface area contributed by atoms with E-state index < -0.39 is 22.2 Å². The van der Waals surface area contributed by atoms with Crippen LogP contribution in [0.2, 0.25) is 0 Å². The summed E-state index contributed by atoms with van der Waals surface area (Å²) in [5, 5.41) is 13.1. The number of oxazole rings is 1. The summed E-state index contributed by atoms with van der Waals surface area (Å²) in [6.07, 6.45) is 4.54. The topological polar surface area (TPSA) is 122 Å². The van der Waals surface area contributed by atoms with Gasteiger partial charge in [-0.3, -0.25) is 4.79 Å². The Morgan fingerprint density at radius 3 is 2.32 bits per heavy atom. The first-order valence-corrected chi connectivity index (χ1v) is 12.9. The molecular weight excluding hydrogens is 454 g/mol. The minimum Gasteiger partial charge on any atom is -0.445 e. The first-order valence-electron chi connectivity index (χ1n) is 11.4. The van der Waals surface area contributed by atoms with Crippen LogP contribution in [0.25, 0.3) is 11.5 Å². The summed E-state index contributed by atoms with van der Waals surface area (Å²) in [6.45, 7) is 1.65. The Morgan fingerprint density at radius 2 is 1.74 bits per heavy atom. The summed E-state index contributed by atoms with van der Waals surface area (Å²) in [6, 6.07) is 15.0. The largest absolute Gasteiger partial charge is 0.445 e. The third kappa shape index (κ3) is 5.72. The molecule has 4 rings (SSSR count). The highest BCUT2D eigenvalue weighted by Crippen LogP contribution is 2.28. The average molecular weight is 484 g/mol. The lowest BCUT2D eigenvalue weighted by molar-refractivity contribution is -0.127. The lowest BCUT2D eigenvalue weighted by atomic mass is 9.85. The molecular formula is C25H29N3O5S. The summed E-state index contributed by atoms with van der Waals surface area (Å²) in [4.78, 5) is 17.1. The molecule has 180 valence electrons. The van der Waals surface area contributed by atoms with Gasteiger partial charge in [0.25, 0.3) is 0 Å². The first-order chi connectivity index (χ1) is 16.3. The Morgan fingerprint density at radius 1 is 1.06 bits per heavy atom. The van der Waals surface area contributed by atoms with Gasteiger partial charge in [0.2, 0.25) is 21.8 Å². The molecule has 3 N–H and O–H groups in total. The van der Waals surface area contributed by atoms with E-state index in [0.717, 1.165) is 5.56 Å². The Bertz CT molecular complexity index is 1170. The number of sulfonamides is 1. The van der Waals surface area contributed by atoms with Gasteiger partial charge in [-0.25, -0.2) is 18.1 Å². The molecule has 2 unspecified atom stereocenters. The van der Waals surface area contributed by atoms with E-state index in [4.69, 9.17) is 4.42 Å². The summed E-state index contributed by atoms with van der Waals surface area (Å²) in [5.74, 6) is 0.0996. The molecule has 9 heteroatoms. The standard InChI is InChI=1S/C25H29N3O5S/c1-17(29)23(18-5-3-2-4-6-18)27-24(30)19-7-11-21(12-8-19)28-34(31,32)22-13-9-20(10-14-22)25-26-15-16-33-25/h2-6,9-10,13-17,19,21,23,28-29H,7-8,11-12H2,1H3,(H,27,30). The molecule has 0 radical (unpaired) electrons. The third-order valence-corrected chi connectivity index (χ3v) is 7.74. The van der Waals surface area contributed by atoms with Crippen LogP contribution >= 0.6 is 0 Å². The summed E-state index contributed by atoms with van der Waals surface area (Å²) >= 11 is 0. The maximum Gasteiger partial charge on any atom is 0.240 e. The highest BCUT2D eigenvalue weighted by Gasteiger charge is 2.31. The fraction of sp³-hybridized carbons (Fsp3) is 0.360. The van der Waals surface area contributed by atoms with Crippen molar-refractivity contribution in [2.45, 2.75) is 55.7 Å². The Kier molecular flexibility index (Phi) is 7.45. The van der Waals surface area contributed by atoms with Crippen molar-refractivity contribution in [2.75, 3.05) is 0 Å². The summed E-state index contributed by atoms with van der Waals surface area (Å²) < 4.78 is 33.7. The zero-order chi connectivity index (χ0) is 24.1. The van der Waals surface area contributed by atoms with E-state index in [-0.39, 0.29) is 22.8 Å². The fourth-order valence-corrected chi connectivity index (χ4v) is 5.62. The fourth-order valence-electron chi connectivity index (χ4n) is 4.32. The van der Waals surface area contributed by atoms with Crippen molar-refractivity contribution in [3.8, 4) is 11.5 Å². The van der Waals surface area contributed by atoms with Gasteiger partial charge < -0.3 is 14.8 Å². The van der Waals surface area contributed by atoms with Crippen molar-refractivity contribution in [3.05, 3.63) is 72.6 Å². The van der Waals surface area contributed by atoms with Crippen LogP contribution < -0.4 is 10.0 Å². The second-order valence-electron chi connectivity index (χ2n) is 8.67. The zero-order valence-electron chi connectivity index (χ0n) is 18.9. The van der Waals surface area contributed by atoms with Crippen molar-refractivity contribution in [1.29, 1.82) is 0 Å². The van der Waals surface area contributed by atoms with Gasteiger partial charge in [0.1, 0.15) is 6.26 Å². The van der Waals surface area contributed by atoms with Gasteiger partial charge in [-0.1, -0.05) is 30.3 Å². The molecule has 1 fully saturated rings. The second-order valence-corrected chi connectivity index (χ2v) is 10.4. The molecule has 8 nitrogen and oxygen atoms in total. The van der Waals surface area contributed by atoms with E-state index in [0.29, 0.717) is 37.1 Å². The number of hydrogen-bond acceptors (Lipinski definition) is 6. The van der Waals surface area contributed by atoms with Crippen LogP contribution in [0.3, 0.4) is 0 Å². The molecule has 1 aliphatic carbocycles. The molecule has 0 bridgehead atoms. The van der Waals surface area contributed by atoms with Gasteiger partial charge in [-0.05, 0) is 62.4 Å². The summed E-state index contributed by atoms with van der Waals surface area (Å²) in [7, 11) is -3.68. The molecule has 2 atom stereocenters. The lowest BCUT2D eigenvalue weighted by Crippen LogP contribution is -2.43. The van der Waals surface area contributed by atoms with Gasteiger partial charge in [0.05, 0.1) is 23.2 Å². The van der Waals surface area contributed by atoms with Crippen molar-refractivity contribution >= 4 is 15.9 Å². The predicted molar refractivity (Wildman–Crippen MR) is 127 cm³/mol. The van der Waals surface area contributed by atoms with Gasteiger partial charge in [0, 0.05) is 17.5 Å². The Hall–Kier alpha value is -3.01. The summed E-state index contributed by atoms with van der Waals surface area (Å²) in [5.41, 5.74) is 1.54. The molecule has 0 spiro atoms. The number of carbonyl (C=O) groups is 1. The van der Waals surface area contributed by atoms with Crippen LogP contribution in [0.1, 0.15) is 44.2 Å². The number of amides is 1. The highest BCUT2D eigenvalue weighted by atomic mass is 32.2. The van der Waals surface area contributed by atoms with E-state index in [1.165, 1.54) is 24.6 Å². The number of aliphatic hydroxyl groups is 1. The van der Waals surface area contributed by atoms with Crippen LogP contribution in [0.5, 0.6) is 0 Å². The molecule has 1 aromatic heterocycles. The van der Waals surface area contributed by atoms with E-state index >= 15 is 0 Å². The molecule has 1 heterocycles. The number of aromatic nitrogens is 1. The Balaban J connectivity index is 1.32. The number of hydrogen-bond donors (Lipinski definition) is 3.